The second-order valence-corrected chi connectivity index (χ2v) is 6.55. The van der Waals surface area contributed by atoms with Crippen molar-refractivity contribution in [2.24, 2.45) is 5.92 Å². The zero-order valence-corrected chi connectivity index (χ0v) is 13.7. The summed E-state index contributed by atoms with van der Waals surface area (Å²) in [6, 6.07) is 7.98. The first-order valence-electron chi connectivity index (χ1n) is 8.68. The van der Waals surface area contributed by atoms with Gasteiger partial charge >= 0.3 is 0 Å². The number of benzene rings is 1. The molecule has 2 aromatic rings. The molecule has 2 fully saturated rings. The first-order valence-corrected chi connectivity index (χ1v) is 8.68. The third-order valence-corrected chi connectivity index (χ3v) is 5.17. The molecule has 6 nitrogen and oxygen atoms in total. The van der Waals surface area contributed by atoms with E-state index in [0.29, 0.717) is 12.0 Å². The van der Waals surface area contributed by atoms with E-state index in [-0.39, 0.29) is 5.91 Å². The Hall–Kier alpha value is -2.21. The molecule has 2 aliphatic rings. The number of hydrogen-bond acceptors (Lipinski definition) is 4. The van der Waals surface area contributed by atoms with Crippen molar-refractivity contribution in [1.29, 1.82) is 0 Å². The fraction of sp³-hybridized carbons (Fsp3) is 0.500. The predicted molar refractivity (Wildman–Crippen MR) is 89.0 cm³/mol. The molecule has 0 aliphatic carbocycles. The molecule has 0 N–H and O–H groups in total. The van der Waals surface area contributed by atoms with Gasteiger partial charge in [-0.1, -0.05) is 5.21 Å². The lowest BCUT2D eigenvalue weighted by Crippen LogP contribution is -2.41. The van der Waals surface area contributed by atoms with Crippen LogP contribution in [0.5, 0.6) is 0 Å². The first kappa shape index (κ1) is 15.3. The van der Waals surface area contributed by atoms with Crippen LogP contribution in [-0.4, -0.2) is 51.6 Å². The van der Waals surface area contributed by atoms with Gasteiger partial charge in [-0.05, 0) is 55.9 Å². The predicted octanol–water partition coefficient (Wildman–Crippen LogP) is 2.30. The number of hydrogen-bond donors (Lipinski definition) is 0. The molecule has 1 amide bonds. The molecule has 0 radical (unpaired) electrons. The van der Waals surface area contributed by atoms with Crippen molar-refractivity contribution >= 4 is 5.91 Å². The van der Waals surface area contributed by atoms with Gasteiger partial charge in [0.25, 0.3) is 5.91 Å². The van der Waals surface area contributed by atoms with Gasteiger partial charge in [-0.15, -0.1) is 5.10 Å². The summed E-state index contributed by atoms with van der Waals surface area (Å²) in [7, 11) is 0. The SMILES string of the molecule is O=C(c1ccc(-n2ccnn2)cc1)N1CCCC1C1CCOCC1. The first-order chi connectivity index (χ1) is 11.8. The molecule has 2 saturated heterocycles. The minimum absolute atomic E-state index is 0.147. The van der Waals surface area contributed by atoms with E-state index in [1.165, 1.54) is 0 Å². The van der Waals surface area contributed by atoms with Gasteiger partial charge < -0.3 is 9.64 Å². The van der Waals surface area contributed by atoms with Crippen molar-refractivity contribution in [3.8, 4) is 5.69 Å². The van der Waals surface area contributed by atoms with Crippen LogP contribution in [0.2, 0.25) is 0 Å². The summed E-state index contributed by atoms with van der Waals surface area (Å²) in [6.07, 6.45) is 7.79. The van der Waals surface area contributed by atoms with Crippen LogP contribution in [0.15, 0.2) is 36.7 Å². The summed E-state index contributed by atoms with van der Waals surface area (Å²) < 4.78 is 7.16. The van der Waals surface area contributed by atoms with Crippen molar-refractivity contribution in [2.75, 3.05) is 19.8 Å². The van der Waals surface area contributed by atoms with E-state index in [0.717, 1.165) is 56.7 Å². The molecule has 2 aliphatic heterocycles. The molecule has 1 atom stereocenters. The number of rotatable bonds is 3. The summed E-state index contributed by atoms with van der Waals surface area (Å²) in [6.45, 7) is 2.53. The maximum atomic E-state index is 13.0. The fourth-order valence-electron chi connectivity index (χ4n) is 3.90. The van der Waals surface area contributed by atoms with Crippen LogP contribution in [0.1, 0.15) is 36.0 Å². The molecule has 3 heterocycles. The Morgan fingerprint density at radius 3 is 2.62 bits per heavy atom. The summed E-state index contributed by atoms with van der Waals surface area (Å²) in [4.78, 5) is 15.0. The van der Waals surface area contributed by atoms with Crippen molar-refractivity contribution in [2.45, 2.75) is 31.7 Å². The maximum absolute atomic E-state index is 13.0. The molecule has 1 aromatic carbocycles. The van der Waals surface area contributed by atoms with Crippen LogP contribution in [0.25, 0.3) is 5.69 Å². The molecular weight excluding hydrogens is 304 g/mol. The van der Waals surface area contributed by atoms with Crippen molar-refractivity contribution in [3.05, 3.63) is 42.2 Å². The van der Waals surface area contributed by atoms with Crippen molar-refractivity contribution in [3.63, 3.8) is 0 Å². The van der Waals surface area contributed by atoms with E-state index < -0.39 is 0 Å². The second-order valence-electron chi connectivity index (χ2n) is 6.55. The van der Waals surface area contributed by atoms with E-state index in [2.05, 4.69) is 15.2 Å². The number of nitrogens with zero attached hydrogens (tertiary/aromatic N) is 4. The molecular formula is C18H22N4O2. The number of aromatic nitrogens is 3. The van der Waals surface area contributed by atoms with E-state index in [4.69, 9.17) is 4.74 Å². The number of likely N-dealkylation sites (tertiary alicyclic amines) is 1. The number of carbonyl (C=O) groups excluding carboxylic acids is 1. The van der Waals surface area contributed by atoms with Crippen LogP contribution in [0.3, 0.4) is 0 Å². The Bertz CT molecular complexity index is 678. The summed E-state index contributed by atoms with van der Waals surface area (Å²) in [5.74, 6) is 0.730. The lowest BCUT2D eigenvalue weighted by atomic mass is 9.90. The van der Waals surface area contributed by atoms with Crippen LogP contribution in [0.4, 0.5) is 0 Å². The maximum Gasteiger partial charge on any atom is 0.254 e. The highest BCUT2D eigenvalue weighted by Gasteiger charge is 2.35. The highest BCUT2D eigenvalue weighted by atomic mass is 16.5. The van der Waals surface area contributed by atoms with E-state index >= 15 is 0 Å². The summed E-state index contributed by atoms with van der Waals surface area (Å²) in [5, 5.41) is 7.78. The minimum atomic E-state index is 0.147. The largest absolute Gasteiger partial charge is 0.381 e. The molecule has 6 heteroatoms. The van der Waals surface area contributed by atoms with Crippen molar-refractivity contribution < 1.29 is 9.53 Å². The van der Waals surface area contributed by atoms with Gasteiger partial charge in [0.15, 0.2) is 0 Å². The minimum Gasteiger partial charge on any atom is -0.381 e. The van der Waals surface area contributed by atoms with Crippen LogP contribution < -0.4 is 0 Å². The lowest BCUT2D eigenvalue weighted by molar-refractivity contribution is 0.0322. The topological polar surface area (TPSA) is 60.2 Å². The molecule has 0 spiro atoms. The lowest BCUT2D eigenvalue weighted by Gasteiger charge is -2.34. The van der Waals surface area contributed by atoms with Crippen LogP contribution in [-0.2, 0) is 4.74 Å². The average Bonchev–Trinajstić information content (AvgIpc) is 3.34. The second kappa shape index (κ2) is 6.73. The monoisotopic (exact) mass is 326 g/mol. The molecule has 24 heavy (non-hydrogen) atoms. The van der Waals surface area contributed by atoms with Gasteiger partial charge in [-0.25, -0.2) is 4.68 Å². The molecule has 4 rings (SSSR count). The quantitative estimate of drug-likeness (QED) is 0.868. The normalized spacial score (nSPS) is 22.0. The number of ether oxygens (including phenoxy) is 1. The standard InChI is InChI=1S/C18H22N4O2/c23-18(15-3-5-16(6-4-15)22-11-9-19-20-22)21-10-1-2-17(21)14-7-12-24-13-8-14/h3-6,9,11,14,17H,1-2,7-8,10,12-13H2. The highest BCUT2D eigenvalue weighted by molar-refractivity contribution is 5.94. The highest BCUT2D eigenvalue weighted by Crippen LogP contribution is 2.31. The molecule has 0 saturated carbocycles. The third-order valence-electron chi connectivity index (χ3n) is 5.17. The summed E-state index contributed by atoms with van der Waals surface area (Å²) >= 11 is 0. The van der Waals surface area contributed by atoms with Gasteiger partial charge in [-0.2, -0.15) is 0 Å². The fourth-order valence-corrected chi connectivity index (χ4v) is 3.90. The summed E-state index contributed by atoms with van der Waals surface area (Å²) in [5.41, 5.74) is 1.66. The van der Waals surface area contributed by atoms with E-state index in [9.17, 15) is 4.79 Å². The Kier molecular flexibility index (Phi) is 4.30. The number of amides is 1. The smallest absolute Gasteiger partial charge is 0.254 e. The van der Waals surface area contributed by atoms with E-state index in [1.807, 2.05) is 24.3 Å². The van der Waals surface area contributed by atoms with Gasteiger partial charge in [0.1, 0.15) is 0 Å². The zero-order valence-electron chi connectivity index (χ0n) is 13.7. The van der Waals surface area contributed by atoms with Gasteiger partial charge in [0.2, 0.25) is 0 Å². The van der Waals surface area contributed by atoms with Gasteiger partial charge in [0, 0.05) is 31.4 Å². The van der Waals surface area contributed by atoms with Crippen LogP contribution >= 0.6 is 0 Å². The average molecular weight is 326 g/mol. The van der Waals surface area contributed by atoms with E-state index in [1.54, 1.807) is 17.1 Å². The Labute approximate surface area is 141 Å². The Morgan fingerprint density at radius 2 is 1.92 bits per heavy atom. The van der Waals surface area contributed by atoms with Gasteiger partial charge in [-0.3, -0.25) is 4.79 Å². The van der Waals surface area contributed by atoms with Gasteiger partial charge in [0.05, 0.1) is 18.1 Å². The molecule has 1 unspecified atom stereocenters. The van der Waals surface area contributed by atoms with Crippen LogP contribution in [0, 0.1) is 5.92 Å². The third kappa shape index (κ3) is 2.94. The molecule has 0 bridgehead atoms. The zero-order chi connectivity index (χ0) is 16.4. The Balaban J connectivity index is 1.50. The Morgan fingerprint density at radius 1 is 1.12 bits per heavy atom. The molecule has 126 valence electrons. The van der Waals surface area contributed by atoms with Crippen molar-refractivity contribution in [1.82, 2.24) is 19.9 Å². The molecule has 1 aromatic heterocycles. The number of carbonyl (C=O) groups is 1.